The van der Waals surface area contributed by atoms with E-state index >= 15 is 0 Å². The molecule has 19 heavy (non-hydrogen) atoms. The van der Waals surface area contributed by atoms with Gasteiger partial charge in [0.2, 0.25) is 0 Å². The lowest BCUT2D eigenvalue weighted by atomic mass is 9.84. The van der Waals surface area contributed by atoms with E-state index < -0.39 is 0 Å². The number of hydrogen-bond donors (Lipinski definition) is 1. The van der Waals surface area contributed by atoms with E-state index in [9.17, 15) is 0 Å². The Hall–Kier alpha value is -0.160. The van der Waals surface area contributed by atoms with Gasteiger partial charge < -0.3 is 15.1 Å². The molecule has 1 N–H and O–H groups in total. The Balaban J connectivity index is 1.43. The highest BCUT2D eigenvalue weighted by Crippen LogP contribution is 2.29. The van der Waals surface area contributed by atoms with E-state index in [4.69, 9.17) is 0 Å². The van der Waals surface area contributed by atoms with Crippen molar-refractivity contribution in [2.75, 3.05) is 66.0 Å². The smallest absolute Gasteiger partial charge is 0.0145 e. The van der Waals surface area contributed by atoms with Gasteiger partial charge in [-0.2, -0.15) is 0 Å². The minimum Gasteiger partial charge on any atom is -0.314 e. The second-order valence-corrected chi connectivity index (χ2v) is 6.63. The maximum atomic E-state index is 3.43. The van der Waals surface area contributed by atoms with Crippen molar-refractivity contribution in [2.45, 2.75) is 25.3 Å². The first-order valence-corrected chi connectivity index (χ1v) is 8.18. The van der Waals surface area contributed by atoms with Crippen LogP contribution in [0.5, 0.6) is 0 Å². The molecule has 0 aliphatic carbocycles. The van der Waals surface area contributed by atoms with Crippen molar-refractivity contribution in [3.8, 4) is 0 Å². The number of piperazine rings is 1. The Morgan fingerprint density at radius 1 is 0.947 bits per heavy atom. The number of piperidine rings is 2. The molecule has 4 nitrogen and oxygen atoms in total. The molecular weight excluding hydrogens is 236 g/mol. The van der Waals surface area contributed by atoms with Crippen LogP contribution in [0.2, 0.25) is 0 Å². The van der Waals surface area contributed by atoms with Crippen molar-refractivity contribution in [1.82, 2.24) is 20.0 Å². The second kappa shape index (κ2) is 6.53. The molecule has 0 aromatic carbocycles. The molecule has 0 aromatic heterocycles. The fourth-order valence-electron chi connectivity index (χ4n) is 4.15. The lowest BCUT2D eigenvalue weighted by molar-refractivity contribution is 0.0342. The molecule has 0 aromatic rings. The van der Waals surface area contributed by atoms with Crippen LogP contribution in [-0.2, 0) is 0 Å². The molecule has 4 heteroatoms. The molecule has 0 saturated carbocycles. The summed E-state index contributed by atoms with van der Waals surface area (Å²) >= 11 is 0. The summed E-state index contributed by atoms with van der Waals surface area (Å²) < 4.78 is 0. The summed E-state index contributed by atoms with van der Waals surface area (Å²) in [4.78, 5) is 7.96. The highest BCUT2D eigenvalue weighted by atomic mass is 15.2. The minimum absolute atomic E-state index is 0.879. The van der Waals surface area contributed by atoms with Crippen molar-refractivity contribution < 1.29 is 0 Å². The standard InChI is InChI=1S/C15H30N4/c1-17-7-2-3-14-13-19(8-4-15(14)17)12-11-18-9-5-16-6-10-18/h14-16H,2-13H2,1H3. The van der Waals surface area contributed by atoms with Gasteiger partial charge in [-0.15, -0.1) is 0 Å². The molecule has 3 rings (SSSR count). The van der Waals surface area contributed by atoms with Crippen LogP contribution >= 0.6 is 0 Å². The zero-order chi connectivity index (χ0) is 13.1. The Bertz CT molecular complexity index is 277. The third-order valence-corrected chi connectivity index (χ3v) is 5.37. The average Bonchev–Trinajstić information content (AvgIpc) is 2.46. The maximum Gasteiger partial charge on any atom is 0.0145 e. The number of nitrogens with zero attached hydrogens (tertiary/aromatic N) is 3. The molecule has 3 aliphatic heterocycles. The minimum atomic E-state index is 0.879. The highest BCUT2D eigenvalue weighted by molar-refractivity contribution is 4.89. The summed E-state index contributed by atoms with van der Waals surface area (Å²) in [5.74, 6) is 0.940. The van der Waals surface area contributed by atoms with Crippen LogP contribution in [0.3, 0.4) is 0 Å². The maximum absolute atomic E-state index is 3.43. The van der Waals surface area contributed by atoms with Gasteiger partial charge in [0, 0.05) is 51.9 Å². The number of hydrogen-bond acceptors (Lipinski definition) is 4. The van der Waals surface area contributed by atoms with Crippen molar-refractivity contribution in [2.24, 2.45) is 5.92 Å². The van der Waals surface area contributed by atoms with Gasteiger partial charge in [0.05, 0.1) is 0 Å². The monoisotopic (exact) mass is 266 g/mol. The number of rotatable bonds is 3. The van der Waals surface area contributed by atoms with Crippen LogP contribution in [0.1, 0.15) is 19.3 Å². The van der Waals surface area contributed by atoms with E-state index in [-0.39, 0.29) is 0 Å². The van der Waals surface area contributed by atoms with E-state index in [1.54, 1.807) is 0 Å². The van der Waals surface area contributed by atoms with Crippen LogP contribution in [0.4, 0.5) is 0 Å². The van der Waals surface area contributed by atoms with Crippen molar-refractivity contribution >= 4 is 0 Å². The molecular formula is C15H30N4. The van der Waals surface area contributed by atoms with Crippen molar-refractivity contribution in [1.29, 1.82) is 0 Å². The van der Waals surface area contributed by atoms with Gasteiger partial charge in [-0.05, 0) is 45.3 Å². The first-order valence-electron chi connectivity index (χ1n) is 8.18. The number of fused-ring (bicyclic) bond motifs is 1. The predicted molar refractivity (Wildman–Crippen MR) is 79.5 cm³/mol. The lowest BCUT2D eigenvalue weighted by Gasteiger charge is -2.46. The Morgan fingerprint density at radius 3 is 2.58 bits per heavy atom. The highest BCUT2D eigenvalue weighted by Gasteiger charge is 2.33. The molecule has 2 atom stereocenters. The average molecular weight is 266 g/mol. The largest absolute Gasteiger partial charge is 0.314 e. The van der Waals surface area contributed by atoms with E-state index in [1.807, 2.05) is 0 Å². The van der Waals surface area contributed by atoms with Crippen LogP contribution in [0.25, 0.3) is 0 Å². The molecule has 3 fully saturated rings. The van der Waals surface area contributed by atoms with Crippen LogP contribution in [-0.4, -0.2) is 86.7 Å². The number of nitrogens with one attached hydrogen (secondary N) is 1. The molecule has 0 amide bonds. The van der Waals surface area contributed by atoms with Gasteiger partial charge in [0.1, 0.15) is 0 Å². The van der Waals surface area contributed by atoms with E-state index in [0.29, 0.717) is 0 Å². The lowest BCUT2D eigenvalue weighted by Crippen LogP contribution is -2.54. The molecule has 3 saturated heterocycles. The quantitative estimate of drug-likeness (QED) is 0.793. The molecule has 0 radical (unpaired) electrons. The van der Waals surface area contributed by atoms with E-state index in [2.05, 4.69) is 27.1 Å². The molecule has 2 unspecified atom stereocenters. The summed E-state index contributed by atoms with van der Waals surface area (Å²) in [5.41, 5.74) is 0. The van der Waals surface area contributed by atoms with Gasteiger partial charge in [0.15, 0.2) is 0 Å². The molecule has 0 bridgehead atoms. The summed E-state index contributed by atoms with van der Waals surface area (Å²) in [5, 5.41) is 3.43. The van der Waals surface area contributed by atoms with Crippen LogP contribution < -0.4 is 5.32 Å². The second-order valence-electron chi connectivity index (χ2n) is 6.63. The molecule has 3 heterocycles. The Labute approximate surface area is 118 Å². The summed E-state index contributed by atoms with van der Waals surface area (Å²) in [6, 6.07) is 0.879. The number of likely N-dealkylation sites (tertiary alicyclic amines) is 2. The van der Waals surface area contributed by atoms with Gasteiger partial charge in [-0.3, -0.25) is 4.90 Å². The fourth-order valence-corrected chi connectivity index (χ4v) is 4.15. The first-order chi connectivity index (χ1) is 9.33. The van der Waals surface area contributed by atoms with Gasteiger partial charge in [-0.25, -0.2) is 0 Å². The topological polar surface area (TPSA) is 21.8 Å². The zero-order valence-corrected chi connectivity index (χ0v) is 12.5. The first kappa shape index (κ1) is 13.8. The molecule has 0 spiro atoms. The van der Waals surface area contributed by atoms with Crippen LogP contribution in [0, 0.1) is 5.92 Å². The van der Waals surface area contributed by atoms with Crippen molar-refractivity contribution in [3.63, 3.8) is 0 Å². The zero-order valence-electron chi connectivity index (χ0n) is 12.5. The molecule has 3 aliphatic rings. The van der Waals surface area contributed by atoms with Gasteiger partial charge >= 0.3 is 0 Å². The molecule has 110 valence electrons. The third-order valence-electron chi connectivity index (χ3n) is 5.37. The summed E-state index contributed by atoms with van der Waals surface area (Å²) in [6.45, 7) is 11.4. The summed E-state index contributed by atoms with van der Waals surface area (Å²) in [6.07, 6.45) is 4.26. The third kappa shape index (κ3) is 3.48. The Morgan fingerprint density at radius 2 is 1.74 bits per heavy atom. The van der Waals surface area contributed by atoms with E-state index in [1.165, 1.54) is 78.2 Å². The van der Waals surface area contributed by atoms with Gasteiger partial charge in [-0.1, -0.05) is 0 Å². The van der Waals surface area contributed by atoms with Crippen molar-refractivity contribution in [3.05, 3.63) is 0 Å². The van der Waals surface area contributed by atoms with E-state index in [0.717, 1.165) is 12.0 Å². The normalized spacial score (nSPS) is 35.2. The SMILES string of the molecule is CN1CCCC2CN(CCN3CCNCC3)CCC21. The summed E-state index contributed by atoms with van der Waals surface area (Å²) in [7, 11) is 2.33. The van der Waals surface area contributed by atoms with Crippen LogP contribution in [0.15, 0.2) is 0 Å². The Kier molecular flexibility index (Phi) is 4.74. The van der Waals surface area contributed by atoms with Gasteiger partial charge in [0.25, 0.3) is 0 Å². The fraction of sp³-hybridized carbons (Fsp3) is 1.00. The predicted octanol–water partition coefficient (Wildman–Crippen LogP) is 0.308.